The first kappa shape index (κ1) is 11.0. The van der Waals surface area contributed by atoms with Crippen LogP contribution in [-0.4, -0.2) is 16.9 Å². The van der Waals surface area contributed by atoms with E-state index >= 15 is 0 Å². The third-order valence-corrected chi connectivity index (χ3v) is 3.63. The van der Waals surface area contributed by atoms with Crippen LogP contribution in [0.5, 0.6) is 5.75 Å². The molecule has 0 radical (unpaired) electrons. The van der Waals surface area contributed by atoms with E-state index in [1.54, 1.807) is 18.2 Å². The molecule has 1 N–H and O–H groups in total. The molecule has 0 spiro atoms. The van der Waals surface area contributed by atoms with E-state index in [2.05, 4.69) is 0 Å². The van der Waals surface area contributed by atoms with E-state index in [1.807, 2.05) is 12.2 Å². The molecule has 4 heteroatoms. The predicted octanol–water partition coefficient (Wildman–Crippen LogP) is 1.85. The van der Waals surface area contributed by atoms with Gasteiger partial charge in [0.05, 0.1) is 17.5 Å². The molecule has 3 rings (SSSR count). The van der Waals surface area contributed by atoms with E-state index in [4.69, 9.17) is 0 Å². The number of anilines is 1. The Morgan fingerprint density at radius 1 is 1.00 bits per heavy atom. The third kappa shape index (κ3) is 1.45. The Bertz CT molecular complexity index is 524. The molecule has 1 aliphatic heterocycles. The first-order valence-electron chi connectivity index (χ1n) is 6.01. The number of fused-ring (bicyclic) bond motifs is 1. The lowest BCUT2D eigenvalue weighted by atomic mass is 9.85. The minimum atomic E-state index is -0.262. The van der Waals surface area contributed by atoms with E-state index in [-0.39, 0.29) is 29.4 Å². The Hall–Kier alpha value is -2.10. The number of carbonyl (C=O) groups excluding carboxylic acids is 2. The Labute approximate surface area is 105 Å². The van der Waals surface area contributed by atoms with Gasteiger partial charge < -0.3 is 5.11 Å². The number of phenols is 1. The summed E-state index contributed by atoms with van der Waals surface area (Å²) in [6.07, 6.45) is 5.11. The van der Waals surface area contributed by atoms with Gasteiger partial charge in [-0.15, -0.1) is 0 Å². The van der Waals surface area contributed by atoms with E-state index in [1.165, 1.54) is 6.07 Å². The van der Waals surface area contributed by atoms with Crippen LogP contribution in [0.1, 0.15) is 12.8 Å². The first-order valence-corrected chi connectivity index (χ1v) is 6.01. The summed E-state index contributed by atoms with van der Waals surface area (Å²) in [5.74, 6) is -0.957. The molecular formula is C14H13NO3. The van der Waals surface area contributed by atoms with Crippen molar-refractivity contribution in [2.75, 3.05) is 4.90 Å². The fourth-order valence-electron chi connectivity index (χ4n) is 2.69. The van der Waals surface area contributed by atoms with Crippen LogP contribution in [0.2, 0.25) is 0 Å². The molecule has 0 bridgehead atoms. The molecule has 0 aromatic heterocycles. The lowest BCUT2D eigenvalue weighted by molar-refractivity contribution is -0.122. The average molecular weight is 243 g/mol. The Balaban J connectivity index is 2.02. The second-order valence-corrected chi connectivity index (χ2v) is 4.66. The molecule has 2 amide bonds. The SMILES string of the molecule is O=C1C2CC=CCC2C(=O)N1c1ccccc1O. The first-order chi connectivity index (χ1) is 8.70. The Kier molecular flexibility index (Phi) is 2.44. The highest BCUT2D eigenvalue weighted by atomic mass is 16.3. The van der Waals surface area contributed by atoms with Crippen molar-refractivity contribution in [1.29, 1.82) is 0 Å². The van der Waals surface area contributed by atoms with Gasteiger partial charge in [-0.05, 0) is 25.0 Å². The molecule has 18 heavy (non-hydrogen) atoms. The topological polar surface area (TPSA) is 57.6 Å². The number of hydrogen-bond acceptors (Lipinski definition) is 3. The molecule has 0 saturated carbocycles. The number of aromatic hydroxyl groups is 1. The second-order valence-electron chi connectivity index (χ2n) is 4.66. The van der Waals surface area contributed by atoms with Crippen molar-refractivity contribution < 1.29 is 14.7 Å². The molecule has 1 fully saturated rings. The van der Waals surface area contributed by atoms with Gasteiger partial charge in [-0.25, -0.2) is 4.90 Å². The number of amides is 2. The summed E-state index contributed by atoms with van der Waals surface area (Å²) in [7, 11) is 0. The van der Waals surface area contributed by atoms with Crippen molar-refractivity contribution in [3.05, 3.63) is 36.4 Å². The minimum Gasteiger partial charge on any atom is -0.506 e. The van der Waals surface area contributed by atoms with Crippen molar-refractivity contribution in [3.8, 4) is 5.75 Å². The van der Waals surface area contributed by atoms with Crippen molar-refractivity contribution in [2.45, 2.75) is 12.8 Å². The van der Waals surface area contributed by atoms with Crippen molar-refractivity contribution >= 4 is 17.5 Å². The average Bonchev–Trinajstić information content (AvgIpc) is 2.64. The van der Waals surface area contributed by atoms with Crippen molar-refractivity contribution in [3.63, 3.8) is 0 Å². The van der Waals surface area contributed by atoms with E-state index in [9.17, 15) is 14.7 Å². The van der Waals surface area contributed by atoms with Crippen LogP contribution in [-0.2, 0) is 9.59 Å². The van der Waals surface area contributed by atoms with Crippen LogP contribution in [0, 0.1) is 11.8 Å². The summed E-state index contributed by atoms with van der Waals surface area (Å²) < 4.78 is 0. The summed E-state index contributed by atoms with van der Waals surface area (Å²) >= 11 is 0. The van der Waals surface area contributed by atoms with E-state index in [0.717, 1.165) is 4.90 Å². The molecule has 1 aromatic carbocycles. The van der Waals surface area contributed by atoms with Gasteiger partial charge in [-0.3, -0.25) is 9.59 Å². The van der Waals surface area contributed by atoms with Gasteiger partial charge in [0, 0.05) is 0 Å². The fraction of sp³-hybridized carbons (Fsp3) is 0.286. The van der Waals surface area contributed by atoms with Crippen LogP contribution >= 0.6 is 0 Å². The molecule has 2 atom stereocenters. The number of hydrogen-bond donors (Lipinski definition) is 1. The lowest BCUT2D eigenvalue weighted by Gasteiger charge is -2.15. The highest BCUT2D eigenvalue weighted by molar-refractivity contribution is 6.22. The highest BCUT2D eigenvalue weighted by Crippen LogP contribution is 2.40. The number of imide groups is 1. The van der Waals surface area contributed by atoms with Gasteiger partial charge in [-0.2, -0.15) is 0 Å². The largest absolute Gasteiger partial charge is 0.506 e. The zero-order chi connectivity index (χ0) is 12.7. The number of phenolic OH excluding ortho intramolecular Hbond substituents is 1. The van der Waals surface area contributed by atoms with Crippen LogP contribution < -0.4 is 4.90 Å². The maximum absolute atomic E-state index is 12.3. The Morgan fingerprint density at radius 3 is 2.11 bits per heavy atom. The monoisotopic (exact) mass is 243 g/mol. The van der Waals surface area contributed by atoms with Gasteiger partial charge in [0.1, 0.15) is 5.75 Å². The molecule has 1 saturated heterocycles. The molecule has 4 nitrogen and oxygen atoms in total. The predicted molar refractivity (Wildman–Crippen MR) is 66.0 cm³/mol. The smallest absolute Gasteiger partial charge is 0.238 e. The van der Waals surface area contributed by atoms with Gasteiger partial charge in [-0.1, -0.05) is 24.3 Å². The van der Waals surface area contributed by atoms with Crippen LogP contribution in [0.4, 0.5) is 5.69 Å². The molecule has 2 aliphatic rings. The summed E-state index contributed by atoms with van der Waals surface area (Å²) in [5, 5.41) is 9.78. The lowest BCUT2D eigenvalue weighted by Crippen LogP contribution is -2.30. The molecule has 1 aromatic rings. The maximum atomic E-state index is 12.3. The van der Waals surface area contributed by atoms with E-state index < -0.39 is 0 Å². The minimum absolute atomic E-state index is 0.0363. The fourth-order valence-corrected chi connectivity index (χ4v) is 2.69. The normalized spacial score (nSPS) is 26.6. The van der Waals surface area contributed by atoms with Gasteiger partial charge in [0.2, 0.25) is 11.8 Å². The second kappa shape index (κ2) is 3.98. The Morgan fingerprint density at radius 2 is 1.56 bits per heavy atom. The maximum Gasteiger partial charge on any atom is 0.238 e. The van der Waals surface area contributed by atoms with Gasteiger partial charge >= 0.3 is 0 Å². The number of benzene rings is 1. The number of para-hydroxylation sites is 2. The molecule has 1 aliphatic carbocycles. The van der Waals surface area contributed by atoms with Crippen LogP contribution in [0.3, 0.4) is 0 Å². The number of rotatable bonds is 1. The van der Waals surface area contributed by atoms with Crippen molar-refractivity contribution in [1.82, 2.24) is 0 Å². The van der Waals surface area contributed by atoms with E-state index in [0.29, 0.717) is 18.5 Å². The third-order valence-electron chi connectivity index (χ3n) is 3.63. The van der Waals surface area contributed by atoms with Gasteiger partial charge in [0.15, 0.2) is 0 Å². The van der Waals surface area contributed by atoms with Crippen LogP contribution in [0.25, 0.3) is 0 Å². The zero-order valence-corrected chi connectivity index (χ0v) is 9.74. The quantitative estimate of drug-likeness (QED) is 0.605. The highest BCUT2D eigenvalue weighted by Gasteiger charge is 2.48. The van der Waals surface area contributed by atoms with Gasteiger partial charge in [0.25, 0.3) is 0 Å². The summed E-state index contributed by atoms with van der Waals surface area (Å²) in [4.78, 5) is 25.7. The molecule has 2 unspecified atom stereocenters. The number of allylic oxidation sites excluding steroid dienone is 2. The molecule has 92 valence electrons. The van der Waals surface area contributed by atoms with Crippen molar-refractivity contribution in [2.24, 2.45) is 11.8 Å². The summed E-state index contributed by atoms with van der Waals surface area (Å²) in [6, 6.07) is 6.44. The summed E-state index contributed by atoms with van der Waals surface area (Å²) in [6.45, 7) is 0. The number of carbonyl (C=O) groups is 2. The standard InChI is InChI=1S/C14H13NO3/c16-12-8-4-3-7-11(12)15-13(17)9-5-1-2-6-10(9)14(15)18/h1-4,7-10,16H,5-6H2. The number of nitrogens with zero attached hydrogens (tertiary/aromatic N) is 1. The molecule has 1 heterocycles. The molecular weight excluding hydrogens is 230 g/mol. The summed E-state index contributed by atoms with van der Waals surface area (Å²) in [5.41, 5.74) is 0.293. The van der Waals surface area contributed by atoms with Crippen LogP contribution in [0.15, 0.2) is 36.4 Å². The zero-order valence-electron chi connectivity index (χ0n) is 9.74.